The number of nitrogens with zero attached hydrogens (tertiary/aromatic N) is 1. The number of ether oxygens (including phenoxy) is 1. The van der Waals surface area contributed by atoms with Crippen molar-refractivity contribution in [1.82, 2.24) is 0 Å². The van der Waals surface area contributed by atoms with Gasteiger partial charge in [0, 0.05) is 17.0 Å². The second kappa shape index (κ2) is 7.56. The highest BCUT2D eigenvalue weighted by Gasteiger charge is 2.34. The lowest BCUT2D eigenvalue weighted by Crippen LogP contribution is -2.32. The first-order chi connectivity index (χ1) is 16.9. The summed E-state index contributed by atoms with van der Waals surface area (Å²) in [6, 6.07) is 20.3. The van der Waals surface area contributed by atoms with Crippen molar-refractivity contribution in [2.45, 2.75) is 60.3 Å². The van der Waals surface area contributed by atoms with E-state index in [2.05, 4.69) is 121 Å². The van der Waals surface area contributed by atoms with Crippen LogP contribution in [0.5, 0.6) is 11.5 Å². The Bertz CT molecular complexity index is 1710. The third kappa shape index (κ3) is 3.42. The van der Waals surface area contributed by atoms with Crippen LogP contribution in [0.15, 0.2) is 60.8 Å². The normalized spacial score (nSPS) is 13.3. The Morgan fingerprint density at radius 1 is 0.806 bits per heavy atom. The molecule has 0 aliphatic carbocycles. The molecule has 0 N–H and O–H groups in total. The Labute approximate surface area is 214 Å². The SMILES string of the molecule is Cc1c2c(c(CC(C)(C)C)c3ccccc13)Oc1cc3ccc(C(C)(C)C)cc3c3cc[n+](C)c-2c13. The van der Waals surface area contributed by atoms with Gasteiger partial charge in [-0.3, -0.25) is 0 Å². The Morgan fingerprint density at radius 3 is 2.22 bits per heavy atom. The zero-order chi connectivity index (χ0) is 25.6. The maximum Gasteiger partial charge on any atom is 0.228 e. The Hall–Kier alpha value is -3.39. The first-order valence-corrected chi connectivity index (χ1v) is 13.1. The maximum absolute atomic E-state index is 6.96. The zero-order valence-electron chi connectivity index (χ0n) is 22.8. The molecule has 36 heavy (non-hydrogen) atoms. The molecule has 0 amide bonds. The van der Waals surface area contributed by atoms with Gasteiger partial charge in [-0.25, -0.2) is 4.57 Å². The molecule has 0 atom stereocenters. The van der Waals surface area contributed by atoms with Crippen LogP contribution >= 0.6 is 0 Å². The van der Waals surface area contributed by atoms with Crippen molar-refractivity contribution < 1.29 is 9.30 Å². The van der Waals surface area contributed by atoms with Crippen molar-refractivity contribution in [3.63, 3.8) is 0 Å². The third-order valence-corrected chi connectivity index (χ3v) is 7.75. The monoisotopic (exact) mass is 474 g/mol. The fourth-order valence-corrected chi connectivity index (χ4v) is 5.96. The Balaban J connectivity index is 1.77. The third-order valence-electron chi connectivity index (χ3n) is 7.75. The quantitative estimate of drug-likeness (QED) is 0.171. The van der Waals surface area contributed by atoms with E-state index in [0.29, 0.717) is 0 Å². The first kappa shape index (κ1) is 23.0. The molecule has 0 unspecified atom stereocenters. The molecule has 2 nitrogen and oxygen atoms in total. The highest BCUT2D eigenvalue weighted by atomic mass is 16.5. The molecule has 0 bridgehead atoms. The minimum absolute atomic E-state index is 0.0962. The van der Waals surface area contributed by atoms with Crippen molar-refractivity contribution in [2.75, 3.05) is 0 Å². The predicted octanol–water partition coefficient (Wildman–Crippen LogP) is 8.94. The van der Waals surface area contributed by atoms with Crippen molar-refractivity contribution in [2.24, 2.45) is 12.5 Å². The first-order valence-electron chi connectivity index (χ1n) is 13.1. The van der Waals surface area contributed by atoms with Gasteiger partial charge in [-0.05, 0) is 69.0 Å². The van der Waals surface area contributed by atoms with Gasteiger partial charge < -0.3 is 4.74 Å². The average Bonchev–Trinajstić information content (AvgIpc) is 2.81. The summed E-state index contributed by atoms with van der Waals surface area (Å²) in [5.74, 6) is 1.99. The van der Waals surface area contributed by atoms with Crippen LogP contribution in [-0.2, 0) is 18.9 Å². The van der Waals surface area contributed by atoms with E-state index < -0.39 is 0 Å². The molecule has 2 heterocycles. The van der Waals surface area contributed by atoms with Crippen molar-refractivity contribution in [1.29, 1.82) is 0 Å². The number of pyridine rings is 1. The standard InChI is InChI=1S/C34H36NO/c1-20-23-11-9-10-12-24(23)27(19-33(2,3)4)32-29(20)31-30-25(15-16-35(31)8)26-18-22(34(5,6)7)14-13-21(26)17-28(30)36-32/h9-18H,19H2,1-8H3/q+1. The van der Waals surface area contributed by atoms with E-state index in [1.807, 2.05) is 0 Å². The number of benzene rings is 4. The molecular weight excluding hydrogens is 438 g/mol. The van der Waals surface area contributed by atoms with Crippen LogP contribution in [0.1, 0.15) is 58.2 Å². The molecule has 182 valence electrons. The van der Waals surface area contributed by atoms with Crippen LogP contribution in [-0.4, -0.2) is 0 Å². The molecule has 1 aromatic heterocycles. The fraction of sp³-hybridized carbons (Fsp3) is 0.324. The number of aryl methyl sites for hydroxylation is 2. The van der Waals surface area contributed by atoms with E-state index in [-0.39, 0.29) is 10.8 Å². The van der Waals surface area contributed by atoms with Gasteiger partial charge in [-0.2, -0.15) is 0 Å². The molecule has 5 aromatic rings. The number of rotatable bonds is 1. The number of fused-ring (bicyclic) bond motifs is 5. The van der Waals surface area contributed by atoms with Gasteiger partial charge >= 0.3 is 0 Å². The lowest BCUT2D eigenvalue weighted by molar-refractivity contribution is -0.659. The molecule has 1 aliphatic heterocycles. The van der Waals surface area contributed by atoms with Crippen LogP contribution in [0.2, 0.25) is 0 Å². The summed E-state index contributed by atoms with van der Waals surface area (Å²) in [4.78, 5) is 0. The van der Waals surface area contributed by atoms with E-state index >= 15 is 0 Å². The van der Waals surface area contributed by atoms with Crippen molar-refractivity contribution in [3.05, 3.63) is 77.5 Å². The zero-order valence-corrected chi connectivity index (χ0v) is 22.8. The van der Waals surface area contributed by atoms with E-state index in [9.17, 15) is 0 Å². The molecule has 0 fully saturated rings. The summed E-state index contributed by atoms with van der Waals surface area (Å²) in [5, 5.41) is 7.61. The molecule has 6 rings (SSSR count). The van der Waals surface area contributed by atoms with E-state index in [1.165, 1.54) is 60.3 Å². The molecule has 0 saturated carbocycles. The van der Waals surface area contributed by atoms with Crippen LogP contribution in [0, 0.1) is 12.3 Å². The summed E-state index contributed by atoms with van der Waals surface area (Å²) >= 11 is 0. The molecule has 1 aliphatic rings. The average molecular weight is 475 g/mol. The molecule has 0 radical (unpaired) electrons. The smallest absolute Gasteiger partial charge is 0.228 e. The van der Waals surface area contributed by atoms with Gasteiger partial charge in [0.2, 0.25) is 5.69 Å². The largest absolute Gasteiger partial charge is 0.455 e. The Kier molecular flexibility index (Phi) is 4.83. The lowest BCUT2D eigenvalue weighted by Gasteiger charge is -2.28. The Morgan fingerprint density at radius 2 is 1.53 bits per heavy atom. The lowest BCUT2D eigenvalue weighted by atomic mass is 9.81. The summed E-state index contributed by atoms with van der Waals surface area (Å²) < 4.78 is 9.25. The van der Waals surface area contributed by atoms with Gasteiger partial charge in [0.05, 0.1) is 10.9 Å². The minimum atomic E-state index is 0.0962. The molecular formula is C34H36NO+. The van der Waals surface area contributed by atoms with Crippen LogP contribution in [0.25, 0.3) is 43.6 Å². The van der Waals surface area contributed by atoms with Gasteiger partial charge in [-0.1, -0.05) is 77.9 Å². The summed E-state index contributed by atoms with van der Waals surface area (Å²) in [6.07, 6.45) is 3.17. The van der Waals surface area contributed by atoms with E-state index in [4.69, 9.17) is 4.74 Å². The summed E-state index contributed by atoms with van der Waals surface area (Å²) in [5.41, 5.74) is 6.67. The molecule has 0 spiro atoms. The van der Waals surface area contributed by atoms with Gasteiger partial charge in [0.25, 0.3) is 0 Å². The molecule has 2 heteroatoms. The summed E-state index contributed by atoms with van der Waals surface area (Å²) in [7, 11) is 2.17. The topological polar surface area (TPSA) is 13.1 Å². The second-order valence-corrected chi connectivity index (χ2v) is 12.8. The number of hydrogen-bond acceptors (Lipinski definition) is 1. The van der Waals surface area contributed by atoms with E-state index in [1.54, 1.807) is 0 Å². The van der Waals surface area contributed by atoms with Crippen LogP contribution in [0.3, 0.4) is 0 Å². The van der Waals surface area contributed by atoms with Crippen LogP contribution in [0.4, 0.5) is 0 Å². The summed E-state index contributed by atoms with van der Waals surface area (Å²) in [6.45, 7) is 16.0. The minimum Gasteiger partial charge on any atom is -0.455 e. The highest BCUT2D eigenvalue weighted by Crippen LogP contribution is 2.52. The van der Waals surface area contributed by atoms with Crippen molar-refractivity contribution >= 4 is 32.3 Å². The van der Waals surface area contributed by atoms with Crippen molar-refractivity contribution in [3.8, 4) is 22.8 Å². The number of hydrogen-bond donors (Lipinski definition) is 0. The van der Waals surface area contributed by atoms with Gasteiger partial charge in [0.1, 0.15) is 18.5 Å². The number of aromatic nitrogens is 1. The van der Waals surface area contributed by atoms with Gasteiger partial charge in [-0.15, -0.1) is 0 Å². The molecule has 4 aromatic carbocycles. The fourth-order valence-electron chi connectivity index (χ4n) is 5.96. The predicted molar refractivity (Wildman–Crippen MR) is 152 cm³/mol. The highest BCUT2D eigenvalue weighted by molar-refractivity contribution is 6.16. The maximum atomic E-state index is 6.96. The second-order valence-electron chi connectivity index (χ2n) is 12.8. The van der Waals surface area contributed by atoms with Gasteiger partial charge in [0.15, 0.2) is 6.20 Å². The van der Waals surface area contributed by atoms with Crippen LogP contribution < -0.4 is 9.30 Å². The molecule has 0 saturated heterocycles. The van der Waals surface area contributed by atoms with E-state index in [0.717, 1.165) is 17.9 Å².